The van der Waals surface area contributed by atoms with E-state index in [1.54, 1.807) is 29.2 Å². The van der Waals surface area contributed by atoms with Crippen LogP contribution in [0.1, 0.15) is 15.9 Å². The van der Waals surface area contributed by atoms with Gasteiger partial charge in [-0.2, -0.15) is 0 Å². The minimum absolute atomic E-state index is 0.0156. The van der Waals surface area contributed by atoms with Gasteiger partial charge in [0.2, 0.25) is 11.8 Å². The van der Waals surface area contributed by atoms with E-state index in [1.165, 1.54) is 6.07 Å². The summed E-state index contributed by atoms with van der Waals surface area (Å²) in [7, 11) is 0. The third-order valence-corrected chi connectivity index (χ3v) is 5.72. The molecule has 0 bridgehead atoms. The molecule has 156 valence electrons. The number of hydrogen-bond acceptors (Lipinski definition) is 6. The van der Waals surface area contributed by atoms with Crippen LogP contribution in [-0.2, 0) is 11.2 Å². The maximum atomic E-state index is 12.8. The molecule has 1 fully saturated rings. The predicted octanol–water partition coefficient (Wildman–Crippen LogP) is 1.40. The molecule has 9 nitrogen and oxygen atoms in total. The van der Waals surface area contributed by atoms with Crippen molar-refractivity contribution in [2.45, 2.75) is 6.42 Å². The average Bonchev–Trinajstić information content (AvgIpc) is 3.18. The van der Waals surface area contributed by atoms with E-state index >= 15 is 0 Å². The third kappa shape index (κ3) is 3.97. The van der Waals surface area contributed by atoms with E-state index < -0.39 is 10.8 Å². The highest BCUT2D eigenvalue weighted by Crippen LogP contribution is 2.31. The number of nitrogens with zero attached hydrogens (tertiary/aromatic N) is 4. The first-order chi connectivity index (χ1) is 14.4. The SMILES string of the molecule is NC(=O)c1ccc(N2CCN(CC(=O)N3CCc4cc([N+](=O)[O-])ccc43)CC2)cc1. The maximum Gasteiger partial charge on any atom is 0.269 e. The van der Waals surface area contributed by atoms with Crippen molar-refractivity contribution in [3.05, 3.63) is 63.7 Å². The highest BCUT2D eigenvalue weighted by atomic mass is 16.6. The van der Waals surface area contributed by atoms with Gasteiger partial charge >= 0.3 is 0 Å². The molecule has 0 spiro atoms. The van der Waals surface area contributed by atoms with Gasteiger partial charge in [0.25, 0.3) is 5.69 Å². The number of piperazine rings is 1. The Morgan fingerprint density at radius 2 is 1.70 bits per heavy atom. The van der Waals surface area contributed by atoms with Gasteiger partial charge in [0, 0.05) is 61.8 Å². The highest BCUT2D eigenvalue weighted by molar-refractivity contribution is 5.97. The molecule has 4 rings (SSSR count). The number of carbonyl (C=O) groups excluding carboxylic acids is 2. The molecule has 9 heteroatoms. The molecule has 2 heterocycles. The average molecular weight is 409 g/mol. The van der Waals surface area contributed by atoms with Crippen molar-refractivity contribution in [1.29, 1.82) is 0 Å². The summed E-state index contributed by atoms with van der Waals surface area (Å²) in [6, 6.07) is 11.9. The second kappa shape index (κ2) is 8.11. The van der Waals surface area contributed by atoms with Gasteiger partial charge in [0.1, 0.15) is 0 Å². The van der Waals surface area contributed by atoms with Crippen LogP contribution in [0.2, 0.25) is 0 Å². The van der Waals surface area contributed by atoms with Crippen molar-refractivity contribution in [2.24, 2.45) is 5.73 Å². The van der Waals surface area contributed by atoms with E-state index in [0.29, 0.717) is 25.1 Å². The first-order valence-corrected chi connectivity index (χ1v) is 9.87. The third-order valence-electron chi connectivity index (χ3n) is 5.72. The molecule has 1 saturated heterocycles. The molecule has 2 N–H and O–H groups in total. The number of nitrogens with two attached hydrogens (primary N) is 1. The van der Waals surface area contributed by atoms with Gasteiger partial charge in [-0.15, -0.1) is 0 Å². The number of carbonyl (C=O) groups is 2. The number of benzene rings is 2. The zero-order valence-corrected chi connectivity index (χ0v) is 16.5. The Kier molecular flexibility index (Phi) is 5.37. The quantitative estimate of drug-likeness (QED) is 0.590. The number of nitro benzene ring substituents is 1. The fourth-order valence-electron chi connectivity index (χ4n) is 4.04. The van der Waals surface area contributed by atoms with Crippen LogP contribution in [0, 0.1) is 10.1 Å². The van der Waals surface area contributed by atoms with Crippen molar-refractivity contribution < 1.29 is 14.5 Å². The molecule has 0 aliphatic carbocycles. The molecule has 0 saturated carbocycles. The van der Waals surface area contributed by atoms with Crippen molar-refractivity contribution in [1.82, 2.24) is 4.90 Å². The second-order valence-electron chi connectivity index (χ2n) is 7.54. The summed E-state index contributed by atoms with van der Waals surface area (Å²) in [4.78, 5) is 40.7. The molecule has 0 radical (unpaired) electrons. The van der Waals surface area contributed by atoms with Crippen LogP contribution in [-0.4, -0.2) is 60.9 Å². The van der Waals surface area contributed by atoms with E-state index in [4.69, 9.17) is 5.73 Å². The molecule has 0 aromatic heterocycles. The molecular weight excluding hydrogens is 386 g/mol. The lowest BCUT2D eigenvalue weighted by Crippen LogP contribution is -2.50. The first kappa shape index (κ1) is 19.8. The lowest BCUT2D eigenvalue weighted by Gasteiger charge is -2.36. The molecule has 0 atom stereocenters. The number of anilines is 2. The second-order valence-corrected chi connectivity index (χ2v) is 7.54. The van der Waals surface area contributed by atoms with Crippen molar-refractivity contribution in [2.75, 3.05) is 49.1 Å². The lowest BCUT2D eigenvalue weighted by atomic mass is 10.1. The number of primary amides is 1. The van der Waals surface area contributed by atoms with E-state index in [1.807, 2.05) is 12.1 Å². The zero-order valence-electron chi connectivity index (χ0n) is 16.5. The number of fused-ring (bicyclic) bond motifs is 1. The Hall–Kier alpha value is -3.46. The summed E-state index contributed by atoms with van der Waals surface area (Å²) in [6.45, 7) is 3.96. The largest absolute Gasteiger partial charge is 0.369 e. The first-order valence-electron chi connectivity index (χ1n) is 9.87. The molecule has 30 heavy (non-hydrogen) atoms. The van der Waals surface area contributed by atoms with Crippen LogP contribution in [0.4, 0.5) is 17.1 Å². The Morgan fingerprint density at radius 3 is 2.33 bits per heavy atom. The Labute approximate surface area is 173 Å². The van der Waals surface area contributed by atoms with Crippen LogP contribution in [0.5, 0.6) is 0 Å². The Bertz CT molecular complexity index is 983. The highest BCUT2D eigenvalue weighted by Gasteiger charge is 2.28. The summed E-state index contributed by atoms with van der Waals surface area (Å²) in [5, 5.41) is 10.9. The number of non-ortho nitro benzene ring substituents is 1. The van der Waals surface area contributed by atoms with Gasteiger partial charge in [0.05, 0.1) is 11.5 Å². The fraction of sp³-hybridized carbons (Fsp3) is 0.333. The molecule has 2 aliphatic heterocycles. The molecule has 2 aliphatic rings. The molecule has 0 unspecified atom stereocenters. The molecule has 2 amide bonds. The van der Waals surface area contributed by atoms with Gasteiger partial charge in [-0.1, -0.05) is 0 Å². The molecule has 2 aromatic rings. The summed E-state index contributed by atoms with van der Waals surface area (Å²) in [5.41, 5.74) is 8.48. The van der Waals surface area contributed by atoms with E-state index in [2.05, 4.69) is 9.80 Å². The topological polar surface area (TPSA) is 113 Å². The van der Waals surface area contributed by atoms with Crippen LogP contribution >= 0.6 is 0 Å². The van der Waals surface area contributed by atoms with Crippen molar-refractivity contribution >= 4 is 28.9 Å². The maximum absolute atomic E-state index is 12.8. The normalized spacial score (nSPS) is 16.4. The smallest absolute Gasteiger partial charge is 0.269 e. The van der Waals surface area contributed by atoms with Gasteiger partial charge in [-0.3, -0.25) is 24.6 Å². The van der Waals surface area contributed by atoms with Gasteiger partial charge in [-0.25, -0.2) is 0 Å². The van der Waals surface area contributed by atoms with Crippen LogP contribution < -0.4 is 15.5 Å². The monoisotopic (exact) mass is 409 g/mol. The predicted molar refractivity (Wildman–Crippen MR) is 113 cm³/mol. The number of hydrogen-bond donors (Lipinski definition) is 1. The number of nitro groups is 1. The standard InChI is InChI=1S/C21H23N5O4/c22-21(28)15-1-3-17(4-2-15)24-11-9-23(10-12-24)14-20(27)25-8-7-16-13-18(26(29)30)5-6-19(16)25/h1-6,13H,7-12,14H2,(H2,22,28). The van der Waals surface area contributed by atoms with E-state index in [0.717, 1.165) is 43.1 Å². The van der Waals surface area contributed by atoms with E-state index in [-0.39, 0.29) is 11.6 Å². The summed E-state index contributed by atoms with van der Waals surface area (Å²) < 4.78 is 0. The Morgan fingerprint density at radius 1 is 1.00 bits per heavy atom. The van der Waals surface area contributed by atoms with Crippen molar-refractivity contribution in [3.8, 4) is 0 Å². The van der Waals surface area contributed by atoms with Crippen LogP contribution in [0.3, 0.4) is 0 Å². The van der Waals surface area contributed by atoms with Gasteiger partial charge in [-0.05, 0) is 42.3 Å². The Balaban J connectivity index is 1.33. The van der Waals surface area contributed by atoms with Crippen molar-refractivity contribution in [3.63, 3.8) is 0 Å². The minimum atomic E-state index is -0.442. The summed E-state index contributed by atoms with van der Waals surface area (Å²) in [5.74, 6) is -0.426. The number of rotatable bonds is 5. The molecular formula is C21H23N5O4. The van der Waals surface area contributed by atoms with E-state index in [9.17, 15) is 19.7 Å². The minimum Gasteiger partial charge on any atom is -0.369 e. The van der Waals surface area contributed by atoms with Crippen LogP contribution in [0.25, 0.3) is 0 Å². The van der Waals surface area contributed by atoms with Gasteiger partial charge < -0.3 is 15.5 Å². The summed E-state index contributed by atoms with van der Waals surface area (Å²) in [6.07, 6.45) is 0.637. The lowest BCUT2D eigenvalue weighted by molar-refractivity contribution is -0.384. The van der Waals surface area contributed by atoms with Gasteiger partial charge in [0.15, 0.2) is 0 Å². The zero-order chi connectivity index (χ0) is 21.3. The summed E-state index contributed by atoms with van der Waals surface area (Å²) >= 11 is 0. The fourth-order valence-corrected chi connectivity index (χ4v) is 4.04. The van der Waals surface area contributed by atoms with Crippen LogP contribution in [0.15, 0.2) is 42.5 Å². The molecule has 2 aromatic carbocycles. The number of amides is 2.